The lowest BCUT2D eigenvalue weighted by Crippen LogP contribution is -1.87. The molecule has 10 heteroatoms. The van der Waals surface area contributed by atoms with Crippen LogP contribution in [0.4, 0.5) is 11.4 Å². The number of hydrogen-bond acceptors (Lipinski definition) is 8. The fraction of sp³-hybridized carbons (Fsp3) is 0. The van der Waals surface area contributed by atoms with Crippen LogP contribution in [0.15, 0.2) is 70.5 Å². The highest BCUT2D eigenvalue weighted by Gasteiger charge is 2.13. The summed E-state index contributed by atoms with van der Waals surface area (Å²) in [6.45, 7) is 0. The number of allylic oxidation sites excluding steroid dienone is 1. The van der Waals surface area contributed by atoms with Gasteiger partial charge < -0.3 is 4.42 Å². The minimum absolute atomic E-state index is 0.0107. The van der Waals surface area contributed by atoms with Crippen LogP contribution in [0, 0.1) is 31.6 Å². The Morgan fingerprint density at radius 1 is 0.938 bits per heavy atom. The van der Waals surface area contributed by atoms with E-state index in [1.54, 1.807) is 47.9 Å². The molecule has 0 aliphatic rings. The van der Waals surface area contributed by atoms with E-state index in [4.69, 9.17) is 4.42 Å². The summed E-state index contributed by atoms with van der Waals surface area (Å²) in [7, 11) is 0. The summed E-state index contributed by atoms with van der Waals surface area (Å²) in [6, 6.07) is 17.5. The van der Waals surface area contributed by atoms with Crippen LogP contribution in [-0.4, -0.2) is 14.8 Å². The van der Waals surface area contributed by atoms with E-state index < -0.39 is 9.85 Å². The van der Waals surface area contributed by atoms with Crippen LogP contribution in [0.3, 0.4) is 0 Å². The van der Waals surface area contributed by atoms with E-state index in [0.717, 1.165) is 0 Å². The standard InChI is InChI=1S/C22H12N4O5S/c23-12-16(22-24-20(13-32-22)14-1-5-17(6-2-14)25(27)28)11-19-9-10-21(31-19)15-3-7-18(8-4-15)26(29)30/h1-11,13H/b16-11+. The second-order valence-corrected chi connectivity index (χ2v) is 7.38. The smallest absolute Gasteiger partial charge is 0.269 e. The van der Waals surface area contributed by atoms with Gasteiger partial charge in [-0.05, 0) is 36.4 Å². The van der Waals surface area contributed by atoms with Crippen molar-refractivity contribution in [3.63, 3.8) is 0 Å². The maximum atomic E-state index is 10.8. The van der Waals surface area contributed by atoms with Crippen molar-refractivity contribution in [2.45, 2.75) is 0 Å². The third-order valence-electron chi connectivity index (χ3n) is 4.50. The molecule has 0 aliphatic heterocycles. The highest BCUT2D eigenvalue weighted by atomic mass is 32.1. The number of hydrogen-bond donors (Lipinski definition) is 0. The van der Waals surface area contributed by atoms with Gasteiger partial charge in [-0.2, -0.15) is 5.26 Å². The SMILES string of the molecule is N#C/C(=C\c1ccc(-c2ccc([N+](=O)[O-])cc2)o1)c1nc(-c2ccc([N+](=O)[O-])cc2)cs1. The monoisotopic (exact) mass is 444 g/mol. The topological polar surface area (TPSA) is 136 Å². The zero-order valence-electron chi connectivity index (χ0n) is 16.2. The van der Waals surface area contributed by atoms with Crippen molar-refractivity contribution in [2.75, 3.05) is 0 Å². The number of benzene rings is 2. The predicted octanol–water partition coefficient (Wildman–Crippen LogP) is 5.95. The molecule has 2 aromatic carbocycles. The number of aromatic nitrogens is 1. The number of nitrogens with zero attached hydrogens (tertiary/aromatic N) is 4. The van der Waals surface area contributed by atoms with Gasteiger partial charge in [-0.1, -0.05) is 0 Å². The number of nitro groups is 2. The highest BCUT2D eigenvalue weighted by molar-refractivity contribution is 7.11. The van der Waals surface area contributed by atoms with Crippen LogP contribution in [-0.2, 0) is 0 Å². The first-order valence-corrected chi connectivity index (χ1v) is 10.00. The van der Waals surface area contributed by atoms with Gasteiger partial charge in [-0.25, -0.2) is 4.98 Å². The highest BCUT2D eigenvalue weighted by Crippen LogP contribution is 2.30. The molecular weight excluding hydrogens is 432 g/mol. The predicted molar refractivity (Wildman–Crippen MR) is 118 cm³/mol. The Hall–Kier alpha value is -4.62. The van der Waals surface area contributed by atoms with Crippen molar-refractivity contribution >= 4 is 34.4 Å². The minimum atomic E-state index is -0.474. The molecule has 0 bridgehead atoms. The van der Waals surface area contributed by atoms with E-state index >= 15 is 0 Å². The molecule has 32 heavy (non-hydrogen) atoms. The third kappa shape index (κ3) is 4.28. The number of nitriles is 1. The lowest BCUT2D eigenvalue weighted by Gasteiger charge is -1.97. The van der Waals surface area contributed by atoms with Gasteiger partial charge in [0, 0.05) is 46.8 Å². The molecule has 156 valence electrons. The van der Waals surface area contributed by atoms with Gasteiger partial charge in [0.1, 0.15) is 22.6 Å². The van der Waals surface area contributed by atoms with Crippen molar-refractivity contribution in [3.05, 3.63) is 97.0 Å². The summed E-state index contributed by atoms with van der Waals surface area (Å²) in [5.74, 6) is 0.941. The average molecular weight is 444 g/mol. The molecule has 0 unspecified atom stereocenters. The molecule has 0 atom stereocenters. The molecule has 0 fully saturated rings. The lowest BCUT2D eigenvalue weighted by molar-refractivity contribution is -0.385. The van der Waals surface area contributed by atoms with Crippen LogP contribution in [0.2, 0.25) is 0 Å². The van der Waals surface area contributed by atoms with Gasteiger partial charge in [0.05, 0.1) is 21.1 Å². The first kappa shape index (κ1) is 20.6. The first-order valence-electron chi connectivity index (χ1n) is 9.12. The zero-order chi connectivity index (χ0) is 22.7. The van der Waals surface area contributed by atoms with Crippen molar-refractivity contribution in [2.24, 2.45) is 0 Å². The summed E-state index contributed by atoms with van der Waals surface area (Å²) in [5, 5.41) is 33.4. The van der Waals surface area contributed by atoms with E-state index in [2.05, 4.69) is 11.1 Å². The quantitative estimate of drug-likeness (QED) is 0.203. The molecule has 2 aromatic heterocycles. The maximum Gasteiger partial charge on any atom is 0.269 e. The van der Waals surface area contributed by atoms with Gasteiger partial charge >= 0.3 is 0 Å². The molecule has 0 spiro atoms. The number of furan rings is 1. The average Bonchev–Trinajstić information content (AvgIpc) is 3.47. The van der Waals surface area contributed by atoms with E-state index in [0.29, 0.717) is 38.9 Å². The Kier molecular flexibility index (Phi) is 5.57. The fourth-order valence-corrected chi connectivity index (χ4v) is 3.70. The summed E-state index contributed by atoms with van der Waals surface area (Å²) in [4.78, 5) is 25.1. The number of rotatable bonds is 6. The van der Waals surface area contributed by atoms with Crippen LogP contribution >= 0.6 is 11.3 Å². The van der Waals surface area contributed by atoms with Crippen LogP contribution in [0.25, 0.3) is 34.2 Å². The molecule has 0 radical (unpaired) electrons. The van der Waals surface area contributed by atoms with E-state index in [9.17, 15) is 25.5 Å². The third-order valence-corrected chi connectivity index (χ3v) is 5.38. The Balaban J connectivity index is 1.57. The zero-order valence-corrected chi connectivity index (χ0v) is 17.0. The van der Waals surface area contributed by atoms with Gasteiger partial charge in [0.25, 0.3) is 11.4 Å². The second kappa shape index (κ2) is 8.63. The lowest BCUT2D eigenvalue weighted by atomic mass is 10.1. The number of non-ortho nitro benzene ring substituents is 2. The molecule has 0 saturated heterocycles. The van der Waals surface area contributed by atoms with Crippen molar-refractivity contribution in [1.29, 1.82) is 5.26 Å². The van der Waals surface area contributed by atoms with E-state index in [1.807, 2.05) is 0 Å². The molecule has 0 N–H and O–H groups in total. The molecule has 0 amide bonds. The first-order chi connectivity index (χ1) is 15.4. The number of nitro benzene ring substituents is 2. The number of thiazole rings is 1. The van der Waals surface area contributed by atoms with Crippen LogP contribution < -0.4 is 0 Å². The minimum Gasteiger partial charge on any atom is -0.457 e. The Morgan fingerprint density at radius 2 is 1.53 bits per heavy atom. The van der Waals surface area contributed by atoms with Crippen molar-refractivity contribution in [3.8, 4) is 28.7 Å². The molecule has 0 aliphatic carbocycles. The van der Waals surface area contributed by atoms with Crippen LogP contribution in [0.5, 0.6) is 0 Å². The van der Waals surface area contributed by atoms with Gasteiger partial charge in [0.15, 0.2) is 0 Å². The second-order valence-electron chi connectivity index (χ2n) is 6.52. The summed E-state index contributed by atoms with van der Waals surface area (Å²) in [6.07, 6.45) is 1.56. The van der Waals surface area contributed by atoms with Gasteiger partial charge in [0.2, 0.25) is 0 Å². The molecule has 9 nitrogen and oxygen atoms in total. The summed E-state index contributed by atoms with van der Waals surface area (Å²) in [5.41, 5.74) is 2.25. The Morgan fingerprint density at radius 3 is 2.09 bits per heavy atom. The van der Waals surface area contributed by atoms with E-state index in [-0.39, 0.29) is 11.4 Å². The summed E-state index contributed by atoms with van der Waals surface area (Å²) >= 11 is 1.27. The van der Waals surface area contributed by atoms with Crippen LogP contribution in [0.1, 0.15) is 10.8 Å². The normalized spacial score (nSPS) is 11.2. The summed E-state index contributed by atoms with van der Waals surface area (Å²) < 4.78 is 5.77. The van der Waals surface area contributed by atoms with Gasteiger partial charge in [-0.15, -0.1) is 11.3 Å². The molecule has 4 rings (SSSR count). The molecular formula is C22H12N4O5S. The Labute approximate surface area is 184 Å². The molecule has 2 heterocycles. The Bertz CT molecular complexity index is 1380. The fourth-order valence-electron chi connectivity index (χ4n) is 2.90. The maximum absolute atomic E-state index is 10.8. The van der Waals surface area contributed by atoms with E-state index in [1.165, 1.54) is 35.6 Å². The van der Waals surface area contributed by atoms with Crippen molar-refractivity contribution in [1.82, 2.24) is 4.98 Å². The molecule has 0 saturated carbocycles. The van der Waals surface area contributed by atoms with Gasteiger partial charge in [-0.3, -0.25) is 20.2 Å². The molecule has 4 aromatic rings. The largest absolute Gasteiger partial charge is 0.457 e. The van der Waals surface area contributed by atoms with Crippen molar-refractivity contribution < 1.29 is 14.3 Å².